The molecule has 7 heteroatoms. The van der Waals surface area contributed by atoms with Crippen molar-refractivity contribution in [1.82, 2.24) is 5.32 Å². The lowest BCUT2D eigenvalue weighted by Crippen LogP contribution is -2.47. The molecule has 0 bridgehead atoms. The van der Waals surface area contributed by atoms with E-state index in [1.165, 1.54) is 24.9 Å². The van der Waals surface area contributed by atoms with Gasteiger partial charge in [-0.25, -0.2) is 0 Å². The molecule has 96 valence electrons. The Kier molecular flexibility index (Phi) is 7.20. The summed E-state index contributed by atoms with van der Waals surface area (Å²) in [5.74, 6) is 5.85. The van der Waals surface area contributed by atoms with Crippen molar-refractivity contribution in [1.29, 1.82) is 0 Å². The molecule has 0 aromatic heterocycles. The molecule has 0 saturated carbocycles. The van der Waals surface area contributed by atoms with Crippen LogP contribution in [-0.4, -0.2) is 41.3 Å². The lowest BCUT2D eigenvalue weighted by Gasteiger charge is -2.22. The van der Waals surface area contributed by atoms with Gasteiger partial charge in [0.2, 0.25) is 6.41 Å². The molecule has 0 radical (unpaired) electrons. The number of aliphatic imine (C=N–C) groups is 1. The van der Waals surface area contributed by atoms with Crippen molar-refractivity contribution >= 4 is 35.2 Å². The maximum Gasteiger partial charge on any atom is 0.207 e. The number of rotatable bonds is 7. The molecule has 0 aromatic rings. The molecule has 17 heavy (non-hydrogen) atoms. The highest BCUT2D eigenvalue weighted by Gasteiger charge is 2.22. The first-order chi connectivity index (χ1) is 7.94. The average Bonchev–Trinajstić information content (AvgIpc) is 2.22. The molecule has 0 atom stereocenters. The van der Waals surface area contributed by atoms with Gasteiger partial charge in [-0.2, -0.15) is 5.10 Å². The highest BCUT2D eigenvalue weighted by molar-refractivity contribution is 8.13. The molecule has 0 aliphatic heterocycles. The first kappa shape index (κ1) is 15.6. The van der Waals surface area contributed by atoms with Crippen molar-refractivity contribution in [3.63, 3.8) is 0 Å². The molecule has 0 rings (SSSR count). The van der Waals surface area contributed by atoms with Crippen molar-refractivity contribution < 1.29 is 9.59 Å². The number of nitrogens with two attached hydrogens (primary N) is 1. The summed E-state index contributed by atoms with van der Waals surface area (Å²) in [5, 5.41) is 6.24. The second-order valence-electron chi connectivity index (χ2n) is 3.78. The van der Waals surface area contributed by atoms with Gasteiger partial charge >= 0.3 is 0 Å². The van der Waals surface area contributed by atoms with E-state index in [9.17, 15) is 9.59 Å². The van der Waals surface area contributed by atoms with E-state index in [1.807, 2.05) is 0 Å². The van der Waals surface area contributed by atoms with Crippen molar-refractivity contribution in [2.45, 2.75) is 26.3 Å². The summed E-state index contributed by atoms with van der Waals surface area (Å²) in [4.78, 5) is 25.2. The molecule has 6 nitrogen and oxygen atoms in total. The predicted molar refractivity (Wildman–Crippen MR) is 71.4 cm³/mol. The Morgan fingerprint density at radius 2 is 2.18 bits per heavy atom. The van der Waals surface area contributed by atoms with Crippen LogP contribution in [0.4, 0.5) is 0 Å². The third kappa shape index (κ3) is 6.72. The number of hydrogen-bond acceptors (Lipinski definition) is 6. The number of carbonyl (C=O) groups is 2. The predicted octanol–water partition coefficient (Wildman–Crippen LogP) is 0.176. The van der Waals surface area contributed by atoms with Gasteiger partial charge in [-0.3, -0.25) is 14.6 Å². The summed E-state index contributed by atoms with van der Waals surface area (Å²) in [6.45, 7) is 5.55. The quantitative estimate of drug-likeness (QED) is 0.224. The second-order valence-corrected chi connectivity index (χ2v) is 5.05. The molecule has 0 aliphatic rings. The van der Waals surface area contributed by atoms with Gasteiger partial charge in [0.25, 0.3) is 0 Å². The maximum atomic E-state index is 10.7. The summed E-state index contributed by atoms with van der Waals surface area (Å²) in [7, 11) is 0. The Morgan fingerprint density at radius 3 is 2.65 bits per heavy atom. The van der Waals surface area contributed by atoms with E-state index in [2.05, 4.69) is 15.4 Å². The van der Waals surface area contributed by atoms with Crippen LogP contribution in [0.15, 0.2) is 10.1 Å². The van der Waals surface area contributed by atoms with Crippen molar-refractivity contribution in [2.75, 3.05) is 12.3 Å². The molecular formula is C10H18N4O2S. The summed E-state index contributed by atoms with van der Waals surface area (Å²) < 4.78 is 0. The van der Waals surface area contributed by atoms with Crippen LogP contribution in [0.25, 0.3) is 0 Å². The van der Waals surface area contributed by atoms with Crippen LogP contribution in [0, 0.1) is 0 Å². The third-order valence-electron chi connectivity index (χ3n) is 1.94. The number of thioether (sulfide) groups is 1. The van der Waals surface area contributed by atoms with E-state index in [0.29, 0.717) is 24.4 Å². The summed E-state index contributed by atoms with van der Waals surface area (Å²) >= 11 is 1.21. The molecule has 0 aliphatic carbocycles. The first-order valence-electron chi connectivity index (χ1n) is 5.07. The molecule has 0 fully saturated rings. The van der Waals surface area contributed by atoms with Gasteiger partial charge in [-0.05, 0) is 13.8 Å². The Morgan fingerprint density at radius 1 is 1.53 bits per heavy atom. The lowest BCUT2D eigenvalue weighted by molar-refractivity contribution is -0.110. The standard InChI is InChI=1S/C10H18N4O2S/c1-8(16)17-5-4-12-6-9(14-11)10(2,3)13-7-15/h6-7H,4-5,11H2,1-3H3,(H,13,15)/b12-6?,14-9+. The molecule has 0 aromatic carbocycles. The monoisotopic (exact) mass is 258 g/mol. The van der Waals surface area contributed by atoms with Crippen molar-refractivity contribution in [2.24, 2.45) is 15.9 Å². The van der Waals surface area contributed by atoms with Gasteiger partial charge < -0.3 is 11.2 Å². The number of nitrogens with zero attached hydrogens (tertiary/aromatic N) is 2. The molecule has 0 unspecified atom stereocenters. The fourth-order valence-electron chi connectivity index (χ4n) is 0.970. The smallest absolute Gasteiger partial charge is 0.207 e. The topological polar surface area (TPSA) is 96.9 Å². The van der Waals surface area contributed by atoms with E-state index in [-0.39, 0.29) is 5.12 Å². The minimum Gasteiger partial charge on any atom is -0.348 e. The van der Waals surface area contributed by atoms with Crippen LogP contribution >= 0.6 is 11.8 Å². The van der Waals surface area contributed by atoms with E-state index in [0.717, 1.165) is 0 Å². The highest BCUT2D eigenvalue weighted by atomic mass is 32.2. The normalized spacial score (nSPS) is 12.8. The number of hydrazone groups is 1. The summed E-state index contributed by atoms with van der Waals surface area (Å²) in [6.07, 6.45) is 2.10. The average molecular weight is 258 g/mol. The Balaban J connectivity index is 4.27. The second kappa shape index (κ2) is 7.83. The highest BCUT2D eigenvalue weighted by Crippen LogP contribution is 2.03. The van der Waals surface area contributed by atoms with Gasteiger partial charge in [-0.1, -0.05) is 11.8 Å². The van der Waals surface area contributed by atoms with Crippen LogP contribution < -0.4 is 11.2 Å². The van der Waals surface area contributed by atoms with Gasteiger partial charge in [-0.15, -0.1) is 0 Å². The minimum absolute atomic E-state index is 0.0656. The van der Waals surface area contributed by atoms with Gasteiger partial charge in [0.1, 0.15) is 5.71 Å². The number of hydrogen-bond donors (Lipinski definition) is 2. The summed E-state index contributed by atoms with van der Waals surface area (Å²) in [5.41, 5.74) is -0.189. The van der Waals surface area contributed by atoms with Crippen molar-refractivity contribution in [3.8, 4) is 0 Å². The van der Waals surface area contributed by atoms with Gasteiger partial charge in [0, 0.05) is 25.4 Å². The molecular weight excluding hydrogens is 240 g/mol. The van der Waals surface area contributed by atoms with Crippen LogP contribution in [0.5, 0.6) is 0 Å². The largest absolute Gasteiger partial charge is 0.348 e. The maximum absolute atomic E-state index is 10.7. The molecule has 3 N–H and O–H groups in total. The Labute approximate surface area is 105 Å². The molecule has 1 amide bonds. The number of amides is 1. The zero-order valence-corrected chi connectivity index (χ0v) is 11.1. The van der Waals surface area contributed by atoms with Crippen molar-refractivity contribution in [3.05, 3.63) is 0 Å². The summed E-state index contributed by atoms with van der Waals surface area (Å²) in [6, 6.07) is 0. The SMILES string of the molecule is CC(=O)SCCN=C/C(=N\N)C(C)(C)NC=O. The molecule has 0 heterocycles. The fourth-order valence-corrected chi connectivity index (χ4v) is 1.45. The fraction of sp³-hybridized carbons (Fsp3) is 0.600. The molecule has 0 spiro atoms. The van der Waals surface area contributed by atoms with Gasteiger partial charge in [0.15, 0.2) is 5.12 Å². The first-order valence-corrected chi connectivity index (χ1v) is 6.05. The zero-order valence-electron chi connectivity index (χ0n) is 10.3. The Bertz CT molecular complexity index is 326. The van der Waals surface area contributed by atoms with E-state index < -0.39 is 5.54 Å². The van der Waals surface area contributed by atoms with Crippen LogP contribution in [0.3, 0.4) is 0 Å². The van der Waals surface area contributed by atoms with Crippen LogP contribution in [-0.2, 0) is 9.59 Å². The third-order valence-corrected chi connectivity index (χ3v) is 2.73. The number of nitrogens with one attached hydrogen (secondary N) is 1. The lowest BCUT2D eigenvalue weighted by atomic mass is 9.99. The van der Waals surface area contributed by atoms with E-state index in [4.69, 9.17) is 5.84 Å². The zero-order chi connectivity index (χ0) is 13.3. The minimum atomic E-state index is -0.659. The van der Waals surface area contributed by atoms with Crippen LogP contribution in [0.2, 0.25) is 0 Å². The molecule has 0 saturated heterocycles. The number of carbonyl (C=O) groups excluding carboxylic acids is 2. The Hall–Kier alpha value is -1.37. The van der Waals surface area contributed by atoms with Gasteiger partial charge in [0.05, 0.1) is 5.54 Å². The van der Waals surface area contributed by atoms with Crippen LogP contribution in [0.1, 0.15) is 20.8 Å². The van der Waals surface area contributed by atoms with E-state index in [1.54, 1.807) is 13.8 Å². The van der Waals surface area contributed by atoms with E-state index >= 15 is 0 Å².